The zero-order chi connectivity index (χ0) is 9.80. The topological polar surface area (TPSA) is 80.2 Å². The van der Waals surface area contributed by atoms with E-state index in [9.17, 15) is 4.79 Å². The second-order valence-corrected chi connectivity index (χ2v) is 3.28. The van der Waals surface area contributed by atoms with E-state index in [2.05, 4.69) is 20.0 Å². The third-order valence-corrected chi connectivity index (χ3v) is 2.19. The lowest BCUT2D eigenvalue weighted by Gasteiger charge is -2.22. The molecule has 0 aromatic carbocycles. The summed E-state index contributed by atoms with van der Waals surface area (Å²) in [4.78, 5) is 13.1. The van der Waals surface area contributed by atoms with Crippen LogP contribution in [-0.4, -0.2) is 35.9 Å². The summed E-state index contributed by atoms with van der Waals surface area (Å²) < 4.78 is 9.88. The number of ether oxygens (including phenoxy) is 1. The molecule has 2 N–H and O–H groups in total. The molecule has 1 aromatic heterocycles. The molecule has 0 saturated carbocycles. The number of aryl methyl sites for hydroxylation is 1. The zero-order valence-corrected chi connectivity index (χ0v) is 7.78. The van der Waals surface area contributed by atoms with E-state index >= 15 is 0 Å². The Hall–Kier alpha value is -1.14. The third-order valence-electron chi connectivity index (χ3n) is 2.19. The van der Waals surface area contributed by atoms with Gasteiger partial charge in [0.1, 0.15) is 0 Å². The first-order valence-electron chi connectivity index (χ1n) is 4.72. The minimum absolute atomic E-state index is 0.212. The normalized spacial score (nSPS) is 22.4. The van der Waals surface area contributed by atoms with Crippen molar-refractivity contribution in [3.63, 3.8) is 0 Å². The van der Waals surface area contributed by atoms with Gasteiger partial charge in [0.15, 0.2) is 5.82 Å². The Morgan fingerprint density at radius 3 is 3.14 bits per heavy atom. The number of morpholine rings is 1. The first kappa shape index (κ1) is 9.42. The van der Waals surface area contributed by atoms with Gasteiger partial charge in [-0.05, 0) is 6.42 Å². The largest absolute Gasteiger partial charge is 0.438 e. The molecular weight excluding hydrogens is 186 g/mol. The van der Waals surface area contributed by atoms with Crippen molar-refractivity contribution in [1.82, 2.24) is 15.5 Å². The van der Waals surface area contributed by atoms with Crippen LogP contribution in [0, 0.1) is 0 Å². The summed E-state index contributed by atoms with van der Waals surface area (Å²) in [6, 6.07) is 0. The second kappa shape index (κ2) is 4.39. The van der Waals surface area contributed by atoms with E-state index in [0.717, 1.165) is 26.1 Å². The average Bonchev–Trinajstić information content (AvgIpc) is 2.63. The highest BCUT2D eigenvalue weighted by molar-refractivity contribution is 4.81. The lowest BCUT2D eigenvalue weighted by atomic mass is 10.2. The summed E-state index contributed by atoms with van der Waals surface area (Å²) in [5.41, 5.74) is 0. The predicted octanol–water partition coefficient (Wildman–Crippen LogP) is -0.716. The summed E-state index contributed by atoms with van der Waals surface area (Å²) in [7, 11) is 0. The number of rotatable bonds is 3. The van der Waals surface area contributed by atoms with Crippen LogP contribution in [0.2, 0.25) is 0 Å². The molecule has 0 amide bonds. The van der Waals surface area contributed by atoms with Crippen LogP contribution in [0.5, 0.6) is 0 Å². The van der Waals surface area contributed by atoms with Crippen LogP contribution < -0.4 is 11.1 Å². The summed E-state index contributed by atoms with van der Waals surface area (Å²) in [5.74, 6) is 0.0897. The number of H-pyrrole nitrogens is 1. The fourth-order valence-electron chi connectivity index (χ4n) is 1.47. The Balaban J connectivity index is 1.78. The molecule has 1 aromatic rings. The standard InChI is InChI=1S/C8H13N3O3/c12-8-10-7(11-14-8)2-1-6-5-9-3-4-13-6/h6,9H,1-5H2,(H,10,11,12). The molecule has 1 atom stereocenters. The number of aromatic amines is 1. The van der Waals surface area contributed by atoms with Gasteiger partial charge in [0.25, 0.3) is 0 Å². The van der Waals surface area contributed by atoms with E-state index in [1.807, 2.05) is 0 Å². The van der Waals surface area contributed by atoms with Gasteiger partial charge < -0.3 is 10.1 Å². The van der Waals surface area contributed by atoms with Gasteiger partial charge in [-0.15, -0.1) is 0 Å². The Labute approximate surface area is 80.6 Å². The van der Waals surface area contributed by atoms with E-state index in [1.165, 1.54) is 0 Å². The smallest absolute Gasteiger partial charge is 0.376 e. The summed E-state index contributed by atoms with van der Waals surface area (Å²) in [6.45, 7) is 2.53. The summed E-state index contributed by atoms with van der Waals surface area (Å²) in [6.07, 6.45) is 1.73. The Bertz CT molecular complexity index is 327. The average molecular weight is 199 g/mol. The van der Waals surface area contributed by atoms with Gasteiger partial charge >= 0.3 is 5.76 Å². The molecule has 1 saturated heterocycles. The summed E-state index contributed by atoms with van der Waals surface area (Å²) >= 11 is 0. The Morgan fingerprint density at radius 1 is 1.57 bits per heavy atom. The van der Waals surface area contributed by atoms with Crippen LogP contribution >= 0.6 is 0 Å². The first-order valence-corrected chi connectivity index (χ1v) is 4.72. The van der Waals surface area contributed by atoms with Crippen LogP contribution in [0.3, 0.4) is 0 Å². The maximum Gasteiger partial charge on any atom is 0.438 e. The third kappa shape index (κ3) is 2.43. The molecule has 0 bridgehead atoms. The van der Waals surface area contributed by atoms with Crippen molar-refractivity contribution in [1.29, 1.82) is 0 Å². The van der Waals surface area contributed by atoms with Gasteiger partial charge in [-0.1, -0.05) is 5.16 Å². The van der Waals surface area contributed by atoms with Gasteiger partial charge in [-0.2, -0.15) is 0 Å². The highest BCUT2D eigenvalue weighted by atomic mass is 16.5. The van der Waals surface area contributed by atoms with Crippen molar-refractivity contribution >= 4 is 0 Å². The molecule has 2 rings (SSSR count). The highest BCUT2D eigenvalue weighted by Gasteiger charge is 2.13. The zero-order valence-electron chi connectivity index (χ0n) is 7.78. The number of nitrogens with one attached hydrogen (secondary N) is 2. The molecule has 14 heavy (non-hydrogen) atoms. The van der Waals surface area contributed by atoms with Gasteiger partial charge in [0.2, 0.25) is 0 Å². The van der Waals surface area contributed by atoms with Crippen LogP contribution in [0.15, 0.2) is 9.32 Å². The van der Waals surface area contributed by atoms with Gasteiger partial charge in [-0.3, -0.25) is 9.51 Å². The van der Waals surface area contributed by atoms with Gasteiger partial charge in [0, 0.05) is 19.5 Å². The molecular formula is C8H13N3O3. The molecule has 1 unspecified atom stereocenters. The molecule has 0 radical (unpaired) electrons. The van der Waals surface area contributed by atoms with Crippen molar-refractivity contribution in [2.45, 2.75) is 18.9 Å². The quantitative estimate of drug-likeness (QED) is 0.671. The van der Waals surface area contributed by atoms with Crippen molar-refractivity contribution in [2.75, 3.05) is 19.7 Å². The molecule has 2 heterocycles. The Morgan fingerprint density at radius 2 is 2.50 bits per heavy atom. The van der Waals surface area contributed by atoms with E-state index in [4.69, 9.17) is 4.74 Å². The van der Waals surface area contributed by atoms with Gasteiger partial charge in [0.05, 0.1) is 12.7 Å². The lowest BCUT2D eigenvalue weighted by Crippen LogP contribution is -2.38. The van der Waals surface area contributed by atoms with Crippen molar-refractivity contribution in [3.8, 4) is 0 Å². The van der Waals surface area contributed by atoms with Crippen molar-refractivity contribution < 1.29 is 9.26 Å². The molecule has 0 aliphatic carbocycles. The molecule has 0 spiro atoms. The molecule has 6 heteroatoms. The molecule has 78 valence electrons. The monoisotopic (exact) mass is 199 g/mol. The van der Waals surface area contributed by atoms with E-state index in [-0.39, 0.29) is 6.10 Å². The Kier molecular flexibility index (Phi) is 2.95. The first-order chi connectivity index (χ1) is 6.84. The minimum atomic E-state index is -0.498. The SMILES string of the molecule is O=c1[nH]c(CCC2CNCCO2)no1. The van der Waals surface area contributed by atoms with Crippen LogP contribution in [-0.2, 0) is 11.2 Å². The van der Waals surface area contributed by atoms with E-state index in [0.29, 0.717) is 12.2 Å². The maximum atomic E-state index is 10.6. The predicted molar refractivity (Wildman–Crippen MR) is 48.1 cm³/mol. The number of hydrogen-bond acceptors (Lipinski definition) is 5. The van der Waals surface area contributed by atoms with E-state index < -0.39 is 5.76 Å². The molecule has 1 aliphatic rings. The number of nitrogens with zero attached hydrogens (tertiary/aromatic N) is 1. The van der Waals surface area contributed by atoms with Crippen LogP contribution in [0.4, 0.5) is 0 Å². The van der Waals surface area contributed by atoms with Crippen molar-refractivity contribution in [3.05, 3.63) is 16.4 Å². The maximum absolute atomic E-state index is 10.6. The van der Waals surface area contributed by atoms with Crippen LogP contribution in [0.25, 0.3) is 0 Å². The second-order valence-electron chi connectivity index (χ2n) is 3.28. The van der Waals surface area contributed by atoms with Crippen LogP contribution in [0.1, 0.15) is 12.2 Å². The molecule has 6 nitrogen and oxygen atoms in total. The number of aromatic nitrogens is 2. The molecule has 1 fully saturated rings. The molecule has 1 aliphatic heterocycles. The van der Waals surface area contributed by atoms with Crippen molar-refractivity contribution in [2.24, 2.45) is 0 Å². The fraction of sp³-hybridized carbons (Fsp3) is 0.750. The lowest BCUT2D eigenvalue weighted by molar-refractivity contribution is 0.0235. The van der Waals surface area contributed by atoms with Gasteiger partial charge in [-0.25, -0.2) is 4.79 Å². The highest BCUT2D eigenvalue weighted by Crippen LogP contribution is 2.04. The fourth-order valence-corrected chi connectivity index (χ4v) is 1.47. The minimum Gasteiger partial charge on any atom is -0.376 e. The number of hydrogen-bond donors (Lipinski definition) is 2. The van der Waals surface area contributed by atoms with E-state index in [1.54, 1.807) is 0 Å². The summed E-state index contributed by atoms with van der Waals surface area (Å²) in [5, 5.41) is 6.82.